The van der Waals surface area contributed by atoms with E-state index < -0.39 is 0 Å². The van der Waals surface area contributed by atoms with Crippen LogP contribution in [0.5, 0.6) is 0 Å². The van der Waals surface area contributed by atoms with Crippen LogP contribution in [0.15, 0.2) is 41.5 Å². The minimum Gasteiger partial charge on any atom is -0.378 e. The molecular weight excluding hydrogens is 282 g/mol. The van der Waals surface area contributed by atoms with Crippen molar-refractivity contribution < 1.29 is 4.79 Å². The van der Waals surface area contributed by atoms with Crippen LogP contribution in [0.1, 0.15) is 27.0 Å². The summed E-state index contributed by atoms with van der Waals surface area (Å²) in [6, 6.07) is 11.5. The summed E-state index contributed by atoms with van der Waals surface area (Å²) in [5, 5.41) is 4.00. The highest BCUT2D eigenvalue weighted by molar-refractivity contribution is 7.13. The fourth-order valence-corrected chi connectivity index (χ4v) is 2.61. The van der Waals surface area contributed by atoms with Crippen molar-refractivity contribution in [3.63, 3.8) is 0 Å². The number of anilines is 1. The van der Waals surface area contributed by atoms with E-state index in [-0.39, 0.29) is 5.91 Å². The molecule has 0 radical (unpaired) electrons. The lowest BCUT2D eigenvalue weighted by molar-refractivity contribution is 0.0955. The third-order valence-corrected chi connectivity index (χ3v) is 4.20. The van der Waals surface area contributed by atoms with Crippen LogP contribution in [0.25, 0.3) is 0 Å². The first kappa shape index (κ1) is 15.3. The van der Waals surface area contributed by atoms with Crippen LogP contribution in [0, 0.1) is 0 Å². The molecule has 2 aromatic rings. The van der Waals surface area contributed by atoms with Crippen molar-refractivity contribution in [2.24, 2.45) is 5.10 Å². The molecule has 0 aliphatic heterocycles. The number of rotatable bonds is 5. The number of nitrogens with one attached hydrogen (secondary N) is 1. The monoisotopic (exact) mass is 301 g/mol. The second-order valence-electron chi connectivity index (χ2n) is 4.80. The first-order valence-corrected chi connectivity index (χ1v) is 7.61. The third-order valence-electron chi connectivity index (χ3n) is 3.03. The van der Waals surface area contributed by atoms with Gasteiger partial charge in [0, 0.05) is 35.1 Å². The van der Waals surface area contributed by atoms with Crippen molar-refractivity contribution >= 4 is 29.1 Å². The molecule has 0 bridgehead atoms. The first-order valence-electron chi connectivity index (χ1n) is 6.79. The zero-order valence-corrected chi connectivity index (χ0v) is 13.3. The number of hydrogen-bond donors (Lipinski definition) is 1. The molecule has 1 N–H and O–H groups in total. The maximum absolute atomic E-state index is 11.9. The zero-order valence-electron chi connectivity index (χ0n) is 12.5. The summed E-state index contributed by atoms with van der Waals surface area (Å²) in [6.45, 7) is 2.12. The second kappa shape index (κ2) is 7.04. The van der Waals surface area contributed by atoms with Gasteiger partial charge in [-0.05, 0) is 42.8 Å². The summed E-state index contributed by atoms with van der Waals surface area (Å²) >= 11 is 1.68. The summed E-state index contributed by atoms with van der Waals surface area (Å²) in [7, 11) is 3.93. The Morgan fingerprint density at radius 2 is 1.95 bits per heavy atom. The maximum atomic E-state index is 11.9. The lowest BCUT2D eigenvalue weighted by Gasteiger charge is -2.12. The molecule has 5 heteroatoms. The molecule has 0 fully saturated rings. The van der Waals surface area contributed by atoms with E-state index in [1.807, 2.05) is 37.2 Å². The van der Waals surface area contributed by atoms with Gasteiger partial charge in [-0.1, -0.05) is 6.92 Å². The minimum atomic E-state index is -0.205. The van der Waals surface area contributed by atoms with E-state index in [2.05, 4.69) is 23.5 Å². The number of hydrazone groups is 1. The Morgan fingerprint density at radius 3 is 2.52 bits per heavy atom. The molecule has 21 heavy (non-hydrogen) atoms. The van der Waals surface area contributed by atoms with E-state index in [1.165, 1.54) is 4.88 Å². The van der Waals surface area contributed by atoms with Gasteiger partial charge in [-0.15, -0.1) is 11.3 Å². The highest BCUT2D eigenvalue weighted by atomic mass is 32.1. The number of carbonyl (C=O) groups excluding carboxylic acids is 1. The Balaban J connectivity index is 1.94. The maximum Gasteiger partial charge on any atom is 0.271 e. The van der Waals surface area contributed by atoms with E-state index >= 15 is 0 Å². The Bertz CT molecular complexity index is 629. The van der Waals surface area contributed by atoms with Gasteiger partial charge in [-0.3, -0.25) is 4.79 Å². The number of thiophene rings is 1. The lowest BCUT2D eigenvalue weighted by atomic mass is 10.2. The van der Waals surface area contributed by atoms with Crippen molar-refractivity contribution in [3.8, 4) is 0 Å². The predicted molar refractivity (Wildman–Crippen MR) is 89.5 cm³/mol. The first-order chi connectivity index (χ1) is 10.1. The summed E-state index contributed by atoms with van der Waals surface area (Å²) in [4.78, 5) is 16.3. The van der Waals surface area contributed by atoms with Gasteiger partial charge >= 0.3 is 0 Å². The number of nitrogens with zero attached hydrogens (tertiary/aromatic N) is 2. The Kier molecular flexibility index (Phi) is 5.11. The average molecular weight is 301 g/mol. The van der Waals surface area contributed by atoms with Gasteiger partial charge in [0.2, 0.25) is 0 Å². The standard InChI is InChI=1S/C16H19N3OS/c1-4-14-9-10-15(21-14)11-17-18-16(20)12-5-7-13(8-6-12)19(2)3/h5-11H,4H2,1-3H3,(H,18,20). The number of carbonyl (C=O) groups is 1. The summed E-state index contributed by atoms with van der Waals surface area (Å²) in [5.41, 5.74) is 4.20. The molecule has 4 nitrogen and oxygen atoms in total. The average Bonchev–Trinajstić information content (AvgIpc) is 2.95. The Morgan fingerprint density at radius 1 is 1.24 bits per heavy atom. The van der Waals surface area contributed by atoms with Gasteiger partial charge in [-0.25, -0.2) is 5.43 Å². The number of hydrogen-bond acceptors (Lipinski definition) is 4. The summed E-state index contributed by atoms with van der Waals surface area (Å²) < 4.78 is 0. The molecule has 0 saturated heterocycles. The second-order valence-corrected chi connectivity index (χ2v) is 6.00. The molecule has 1 amide bonds. The van der Waals surface area contributed by atoms with Crippen LogP contribution in [-0.2, 0) is 6.42 Å². The quantitative estimate of drug-likeness (QED) is 0.681. The lowest BCUT2D eigenvalue weighted by Crippen LogP contribution is -2.17. The molecule has 0 atom stereocenters. The van der Waals surface area contributed by atoms with Crippen molar-refractivity contribution in [2.45, 2.75) is 13.3 Å². The van der Waals surface area contributed by atoms with Gasteiger partial charge in [0.15, 0.2) is 0 Å². The normalized spacial score (nSPS) is 10.8. The third kappa shape index (κ3) is 4.16. The number of aryl methyl sites for hydroxylation is 1. The van der Waals surface area contributed by atoms with Gasteiger partial charge in [0.25, 0.3) is 5.91 Å². The summed E-state index contributed by atoms with van der Waals surface area (Å²) in [5.74, 6) is -0.205. The molecule has 0 spiro atoms. The molecule has 2 rings (SSSR count). The molecule has 0 unspecified atom stereocenters. The van der Waals surface area contributed by atoms with E-state index in [9.17, 15) is 4.79 Å². The molecular formula is C16H19N3OS. The molecule has 0 aliphatic rings. The Hall–Kier alpha value is -2.14. The highest BCUT2D eigenvalue weighted by Gasteiger charge is 2.04. The van der Waals surface area contributed by atoms with E-state index in [1.54, 1.807) is 29.7 Å². The molecule has 0 saturated carbocycles. The highest BCUT2D eigenvalue weighted by Crippen LogP contribution is 2.15. The van der Waals surface area contributed by atoms with Crippen LogP contribution in [0.3, 0.4) is 0 Å². The minimum absolute atomic E-state index is 0.205. The van der Waals surface area contributed by atoms with Gasteiger partial charge < -0.3 is 4.90 Å². The summed E-state index contributed by atoms with van der Waals surface area (Å²) in [6.07, 6.45) is 2.69. The zero-order chi connectivity index (χ0) is 15.2. The van der Waals surface area contributed by atoms with Gasteiger partial charge in [0.1, 0.15) is 0 Å². The number of benzene rings is 1. The topological polar surface area (TPSA) is 44.7 Å². The molecule has 0 aliphatic carbocycles. The van der Waals surface area contributed by atoms with Crippen LogP contribution in [0.4, 0.5) is 5.69 Å². The van der Waals surface area contributed by atoms with Gasteiger partial charge in [0.05, 0.1) is 6.21 Å². The van der Waals surface area contributed by atoms with Crippen molar-refractivity contribution in [3.05, 3.63) is 51.7 Å². The molecule has 1 heterocycles. The van der Waals surface area contributed by atoms with Crippen LogP contribution in [-0.4, -0.2) is 26.2 Å². The van der Waals surface area contributed by atoms with Crippen LogP contribution < -0.4 is 10.3 Å². The van der Waals surface area contributed by atoms with Crippen LogP contribution in [0.2, 0.25) is 0 Å². The van der Waals surface area contributed by atoms with E-state index in [0.717, 1.165) is 17.0 Å². The Labute approximate surface area is 129 Å². The molecule has 1 aromatic carbocycles. The molecule has 110 valence electrons. The van der Waals surface area contributed by atoms with Crippen molar-refractivity contribution in [1.29, 1.82) is 0 Å². The fourth-order valence-electron chi connectivity index (χ4n) is 1.78. The number of amides is 1. The van der Waals surface area contributed by atoms with E-state index in [4.69, 9.17) is 0 Å². The SMILES string of the molecule is CCc1ccc(C=NNC(=O)c2ccc(N(C)C)cc2)s1. The largest absolute Gasteiger partial charge is 0.378 e. The van der Waals surface area contributed by atoms with E-state index in [0.29, 0.717) is 5.56 Å². The predicted octanol–water partition coefficient (Wildman–Crippen LogP) is 3.14. The van der Waals surface area contributed by atoms with Crippen LogP contribution >= 0.6 is 11.3 Å². The fraction of sp³-hybridized carbons (Fsp3) is 0.250. The molecule has 1 aromatic heterocycles. The van der Waals surface area contributed by atoms with Crippen molar-refractivity contribution in [2.75, 3.05) is 19.0 Å². The smallest absolute Gasteiger partial charge is 0.271 e. The van der Waals surface area contributed by atoms with Gasteiger partial charge in [-0.2, -0.15) is 5.10 Å². The van der Waals surface area contributed by atoms with Crippen molar-refractivity contribution in [1.82, 2.24) is 5.43 Å².